The molecule has 0 saturated heterocycles. The summed E-state index contributed by atoms with van der Waals surface area (Å²) < 4.78 is 0. The second-order valence-electron chi connectivity index (χ2n) is 6.64. The van der Waals surface area contributed by atoms with Gasteiger partial charge in [-0.25, -0.2) is 0 Å². The van der Waals surface area contributed by atoms with E-state index in [0.717, 1.165) is 25.7 Å². The molecule has 0 aromatic carbocycles. The molecule has 1 aliphatic rings. The van der Waals surface area contributed by atoms with Gasteiger partial charge in [-0.2, -0.15) is 0 Å². The number of ketones is 2. The highest BCUT2D eigenvalue weighted by Gasteiger charge is 2.11. The quantitative estimate of drug-likeness (QED) is 0.246. The summed E-state index contributed by atoms with van der Waals surface area (Å²) in [5.74, 6) is -4.55. The SMILES string of the molecule is O=C(O)CCC(=O)CC(=O)O.O=C(O)CCC(O)CC(=O)O.O=C1CCCCCC1. The van der Waals surface area contributed by atoms with Crippen molar-refractivity contribution in [3.05, 3.63) is 0 Å². The first-order valence-corrected chi connectivity index (χ1v) is 9.52. The second-order valence-corrected chi connectivity index (χ2v) is 6.64. The van der Waals surface area contributed by atoms with Crippen molar-refractivity contribution in [3.8, 4) is 0 Å². The van der Waals surface area contributed by atoms with E-state index < -0.39 is 48.6 Å². The van der Waals surface area contributed by atoms with Crippen molar-refractivity contribution in [1.82, 2.24) is 0 Å². The lowest BCUT2D eigenvalue weighted by molar-refractivity contribution is -0.143. The van der Waals surface area contributed by atoms with Crippen LogP contribution in [0.25, 0.3) is 0 Å². The van der Waals surface area contributed by atoms with Crippen molar-refractivity contribution in [2.75, 3.05) is 0 Å². The van der Waals surface area contributed by atoms with Gasteiger partial charge in [0.25, 0.3) is 0 Å². The molecule has 0 amide bonds. The third-order valence-corrected chi connectivity index (χ3v) is 3.73. The molecular weight excluding hydrogens is 404 g/mol. The van der Waals surface area contributed by atoms with E-state index in [0.29, 0.717) is 5.78 Å². The van der Waals surface area contributed by atoms with E-state index in [4.69, 9.17) is 25.5 Å². The minimum Gasteiger partial charge on any atom is -0.481 e. The fourth-order valence-electron chi connectivity index (χ4n) is 2.22. The molecule has 0 radical (unpaired) electrons. The molecule has 1 unspecified atom stereocenters. The molecule has 1 atom stereocenters. The topological polar surface area (TPSA) is 204 Å². The van der Waals surface area contributed by atoms with Crippen LogP contribution in [0, 0.1) is 0 Å². The van der Waals surface area contributed by atoms with E-state index in [2.05, 4.69) is 0 Å². The Bertz CT molecular complexity index is 573. The van der Waals surface area contributed by atoms with Gasteiger partial charge < -0.3 is 25.5 Å². The van der Waals surface area contributed by atoms with Crippen LogP contribution in [0.4, 0.5) is 0 Å². The van der Waals surface area contributed by atoms with Gasteiger partial charge in [-0.05, 0) is 19.3 Å². The first kappa shape index (κ1) is 29.4. The molecule has 30 heavy (non-hydrogen) atoms. The lowest BCUT2D eigenvalue weighted by Gasteiger charge is -2.03. The number of hydrogen-bond donors (Lipinski definition) is 5. The van der Waals surface area contributed by atoms with Gasteiger partial charge in [-0.3, -0.25) is 28.8 Å². The standard InChI is InChI=1S/C7H12O.C6H10O5.C6H8O5/c8-7-5-3-1-2-4-6-7;2*7-4(3-6(10)11)1-2-5(8)9/h1-6H2;4,7H,1-3H2,(H,8,9)(H,10,11);1-3H2,(H,8,9)(H,10,11). The summed E-state index contributed by atoms with van der Waals surface area (Å²) in [5, 5.41) is 41.3. The molecule has 0 aliphatic heterocycles. The molecule has 1 rings (SSSR count). The van der Waals surface area contributed by atoms with Crippen LogP contribution in [0.15, 0.2) is 0 Å². The predicted octanol–water partition coefficient (Wildman–Crippen LogP) is 1.49. The van der Waals surface area contributed by atoms with Crippen molar-refractivity contribution < 1.29 is 54.3 Å². The van der Waals surface area contributed by atoms with Gasteiger partial charge in [-0.1, -0.05) is 12.8 Å². The highest BCUT2D eigenvalue weighted by Crippen LogP contribution is 2.12. The van der Waals surface area contributed by atoms with E-state index in [1.54, 1.807) is 0 Å². The largest absolute Gasteiger partial charge is 0.481 e. The zero-order chi connectivity index (χ0) is 23.5. The number of aliphatic carboxylic acids is 4. The minimum absolute atomic E-state index is 0.0123. The van der Waals surface area contributed by atoms with Crippen LogP contribution >= 0.6 is 0 Å². The van der Waals surface area contributed by atoms with Crippen LogP contribution in [-0.2, 0) is 28.8 Å². The third kappa shape index (κ3) is 25.2. The summed E-state index contributed by atoms with van der Waals surface area (Å²) in [4.78, 5) is 60.9. The van der Waals surface area contributed by atoms with Gasteiger partial charge in [0.15, 0.2) is 0 Å². The summed E-state index contributed by atoms with van der Waals surface area (Å²) in [7, 11) is 0. The molecule has 1 fully saturated rings. The average molecular weight is 434 g/mol. The number of carbonyl (C=O) groups excluding carboxylic acids is 2. The molecule has 11 nitrogen and oxygen atoms in total. The first-order valence-electron chi connectivity index (χ1n) is 9.52. The Labute approximate surface area is 173 Å². The van der Waals surface area contributed by atoms with Crippen molar-refractivity contribution in [2.45, 2.75) is 83.2 Å². The smallest absolute Gasteiger partial charge is 0.310 e. The highest BCUT2D eigenvalue weighted by molar-refractivity contribution is 5.95. The Kier molecular flexibility index (Phi) is 17.8. The molecule has 1 aliphatic carbocycles. The normalized spacial score (nSPS) is 14.0. The Morgan fingerprint density at radius 1 is 0.700 bits per heavy atom. The molecule has 172 valence electrons. The summed E-state index contributed by atoms with van der Waals surface area (Å²) in [5.41, 5.74) is 0. The zero-order valence-corrected chi connectivity index (χ0v) is 16.7. The fraction of sp³-hybridized carbons (Fsp3) is 0.684. The molecule has 0 aromatic rings. The number of carbonyl (C=O) groups is 6. The van der Waals surface area contributed by atoms with E-state index in [9.17, 15) is 28.8 Å². The predicted molar refractivity (Wildman–Crippen MR) is 102 cm³/mol. The fourth-order valence-corrected chi connectivity index (χ4v) is 2.22. The Balaban J connectivity index is 0. The summed E-state index contributed by atoms with van der Waals surface area (Å²) in [6.07, 6.45) is 3.75. The lowest BCUT2D eigenvalue weighted by atomic mass is 10.1. The van der Waals surface area contributed by atoms with Gasteiger partial charge in [-0.15, -0.1) is 0 Å². The van der Waals surface area contributed by atoms with Gasteiger partial charge in [0.1, 0.15) is 18.0 Å². The van der Waals surface area contributed by atoms with Crippen LogP contribution in [-0.4, -0.2) is 67.1 Å². The van der Waals surface area contributed by atoms with Gasteiger partial charge in [0.2, 0.25) is 0 Å². The van der Waals surface area contributed by atoms with Crippen LogP contribution < -0.4 is 0 Å². The highest BCUT2D eigenvalue weighted by atomic mass is 16.4. The molecule has 0 heterocycles. The number of Topliss-reactive ketones (excluding diaryl/α,β-unsaturated/α-hetero) is 2. The number of hydrogen-bond acceptors (Lipinski definition) is 7. The van der Waals surface area contributed by atoms with E-state index in [-0.39, 0.29) is 25.7 Å². The van der Waals surface area contributed by atoms with Crippen molar-refractivity contribution in [1.29, 1.82) is 0 Å². The first-order chi connectivity index (χ1) is 13.9. The van der Waals surface area contributed by atoms with Crippen LogP contribution in [0.3, 0.4) is 0 Å². The maximum Gasteiger partial charge on any atom is 0.310 e. The van der Waals surface area contributed by atoms with Crippen molar-refractivity contribution in [3.63, 3.8) is 0 Å². The summed E-state index contributed by atoms with van der Waals surface area (Å²) >= 11 is 0. The molecular formula is C19H30O11. The maximum atomic E-state index is 10.7. The Morgan fingerprint density at radius 3 is 1.60 bits per heavy atom. The molecule has 11 heteroatoms. The van der Waals surface area contributed by atoms with Gasteiger partial charge in [0.05, 0.1) is 18.9 Å². The minimum atomic E-state index is -1.22. The van der Waals surface area contributed by atoms with Crippen molar-refractivity contribution >= 4 is 35.4 Å². The van der Waals surface area contributed by atoms with E-state index >= 15 is 0 Å². The summed E-state index contributed by atoms with van der Waals surface area (Å²) in [6.45, 7) is 0. The van der Waals surface area contributed by atoms with E-state index in [1.165, 1.54) is 12.8 Å². The van der Waals surface area contributed by atoms with Crippen LogP contribution in [0.2, 0.25) is 0 Å². The molecule has 0 spiro atoms. The lowest BCUT2D eigenvalue weighted by Crippen LogP contribution is -2.14. The molecule has 0 bridgehead atoms. The monoisotopic (exact) mass is 434 g/mol. The molecule has 0 aromatic heterocycles. The Hall–Kier alpha value is -2.82. The van der Waals surface area contributed by atoms with E-state index in [1.807, 2.05) is 0 Å². The number of aliphatic hydroxyl groups is 1. The van der Waals surface area contributed by atoms with Crippen LogP contribution in [0.1, 0.15) is 77.0 Å². The number of aliphatic hydroxyl groups excluding tert-OH is 1. The number of carboxylic acid groups (broad SMARTS) is 4. The number of carboxylic acids is 4. The van der Waals surface area contributed by atoms with Gasteiger partial charge in [0, 0.05) is 25.7 Å². The second kappa shape index (κ2) is 18.2. The number of rotatable bonds is 10. The average Bonchev–Trinajstić information content (AvgIpc) is 2.86. The van der Waals surface area contributed by atoms with Gasteiger partial charge >= 0.3 is 23.9 Å². The zero-order valence-electron chi connectivity index (χ0n) is 16.7. The summed E-state index contributed by atoms with van der Waals surface area (Å²) in [6, 6.07) is 0. The third-order valence-electron chi connectivity index (χ3n) is 3.73. The molecule has 5 N–H and O–H groups in total. The Morgan fingerprint density at radius 2 is 1.20 bits per heavy atom. The maximum absolute atomic E-state index is 10.7. The van der Waals surface area contributed by atoms with Crippen LogP contribution in [0.5, 0.6) is 0 Å². The molecule has 1 saturated carbocycles. The van der Waals surface area contributed by atoms with Crippen molar-refractivity contribution in [2.24, 2.45) is 0 Å².